The summed E-state index contributed by atoms with van der Waals surface area (Å²) in [6.45, 7) is 7.62. The highest BCUT2D eigenvalue weighted by molar-refractivity contribution is 5.48. The number of hydrogen-bond acceptors (Lipinski definition) is 5. The van der Waals surface area contributed by atoms with Crippen LogP contribution in [0.15, 0.2) is 36.4 Å². The van der Waals surface area contributed by atoms with Gasteiger partial charge < -0.3 is 0 Å². The molecule has 28 heavy (non-hydrogen) atoms. The largest absolute Gasteiger partial charge is 0.297 e. The Balaban J connectivity index is 1.32. The molecule has 1 unspecified atom stereocenters. The first-order valence-electron chi connectivity index (χ1n) is 10.8. The molecule has 1 aliphatic carbocycles. The lowest BCUT2D eigenvalue weighted by molar-refractivity contribution is 0.0937. The fourth-order valence-corrected chi connectivity index (χ4v) is 4.59. The maximum Gasteiger partial charge on any atom is 0.168 e. The van der Waals surface area contributed by atoms with Crippen molar-refractivity contribution in [1.29, 1.82) is 0 Å². The molecule has 2 fully saturated rings. The summed E-state index contributed by atoms with van der Waals surface area (Å²) < 4.78 is 2.14. The highest BCUT2D eigenvalue weighted by atomic mass is 15.6. The van der Waals surface area contributed by atoms with Crippen molar-refractivity contribution in [3.05, 3.63) is 47.8 Å². The smallest absolute Gasteiger partial charge is 0.168 e. The van der Waals surface area contributed by atoms with E-state index in [1.165, 1.54) is 31.2 Å². The van der Waals surface area contributed by atoms with Gasteiger partial charge in [0.15, 0.2) is 5.82 Å². The molecule has 2 heterocycles. The van der Waals surface area contributed by atoms with Crippen LogP contribution in [0.4, 0.5) is 0 Å². The van der Waals surface area contributed by atoms with E-state index in [1.807, 2.05) is 0 Å². The molecule has 0 radical (unpaired) electrons. The zero-order chi connectivity index (χ0) is 19.2. The lowest BCUT2D eigenvalue weighted by Gasteiger charge is -2.38. The molecule has 1 aliphatic heterocycles. The summed E-state index contributed by atoms with van der Waals surface area (Å²) in [6, 6.07) is 11.4. The molecule has 1 saturated heterocycles. The van der Waals surface area contributed by atoms with Gasteiger partial charge in [0.05, 0.1) is 12.1 Å². The number of nitrogens with zero attached hydrogens (tertiary/aromatic N) is 6. The molecule has 1 aromatic carbocycles. The molecule has 6 nitrogen and oxygen atoms in total. The zero-order valence-electron chi connectivity index (χ0n) is 17.0. The van der Waals surface area contributed by atoms with Crippen molar-refractivity contribution >= 4 is 6.08 Å². The highest BCUT2D eigenvalue weighted by Crippen LogP contribution is 2.32. The first-order chi connectivity index (χ1) is 13.8. The topological polar surface area (TPSA) is 50.1 Å². The molecule has 1 atom stereocenters. The maximum absolute atomic E-state index is 4.44. The van der Waals surface area contributed by atoms with E-state index >= 15 is 0 Å². The van der Waals surface area contributed by atoms with E-state index in [4.69, 9.17) is 0 Å². The molecule has 2 aliphatic rings. The monoisotopic (exact) mass is 380 g/mol. The lowest BCUT2D eigenvalue weighted by Crippen LogP contribution is -2.48. The molecular formula is C22H32N6. The minimum absolute atomic E-state index is 0.331. The van der Waals surface area contributed by atoms with E-state index in [0.29, 0.717) is 12.1 Å². The second-order valence-electron chi connectivity index (χ2n) is 7.99. The summed E-state index contributed by atoms with van der Waals surface area (Å²) in [6.07, 6.45) is 10.6. The van der Waals surface area contributed by atoms with Crippen LogP contribution in [-0.4, -0.2) is 62.7 Å². The van der Waals surface area contributed by atoms with Crippen LogP contribution in [-0.2, 0) is 0 Å². The van der Waals surface area contributed by atoms with Gasteiger partial charge in [-0.05, 0) is 35.3 Å². The van der Waals surface area contributed by atoms with Crippen molar-refractivity contribution in [3.63, 3.8) is 0 Å². The van der Waals surface area contributed by atoms with E-state index in [1.54, 1.807) is 0 Å². The zero-order valence-corrected chi connectivity index (χ0v) is 17.0. The average Bonchev–Trinajstić information content (AvgIpc) is 3.42. The second kappa shape index (κ2) is 9.43. The van der Waals surface area contributed by atoms with Crippen LogP contribution in [0.25, 0.3) is 6.08 Å². The molecule has 6 heteroatoms. The highest BCUT2D eigenvalue weighted by Gasteiger charge is 2.30. The van der Waals surface area contributed by atoms with Crippen LogP contribution in [0.1, 0.15) is 62.5 Å². The van der Waals surface area contributed by atoms with Crippen molar-refractivity contribution in [2.24, 2.45) is 0 Å². The van der Waals surface area contributed by atoms with Gasteiger partial charge in [0.25, 0.3) is 0 Å². The van der Waals surface area contributed by atoms with Gasteiger partial charge in [0, 0.05) is 32.7 Å². The molecule has 0 bridgehead atoms. The van der Waals surface area contributed by atoms with Gasteiger partial charge in [0.1, 0.15) is 0 Å². The SMILES string of the molecule is CCC(c1nnnn1C1CCCC1)N1CCN(C/C=C/c2ccccc2)CC1. The van der Waals surface area contributed by atoms with Crippen LogP contribution in [0.3, 0.4) is 0 Å². The Hall–Kier alpha value is -2.05. The molecule has 1 saturated carbocycles. The van der Waals surface area contributed by atoms with Crippen molar-refractivity contribution in [3.8, 4) is 0 Å². The maximum atomic E-state index is 4.44. The predicted molar refractivity (Wildman–Crippen MR) is 112 cm³/mol. The van der Waals surface area contributed by atoms with Crippen molar-refractivity contribution < 1.29 is 0 Å². The Morgan fingerprint density at radius 2 is 1.82 bits per heavy atom. The fourth-order valence-electron chi connectivity index (χ4n) is 4.59. The van der Waals surface area contributed by atoms with E-state index in [-0.39, 0.29) is 0 Å². The molecule has 2 aromatic rings. The number of aromatic nitrogens is 4. The molecule has 4 rings (SSSR count). The number of hydrogen-bond donors (Lipinski definition) is 0. The van der Waals surface area contributed by atoms with Crippen molar-refractivity contribution in [2.45, 2.75) is 51.1 Å². The van der Waals surface area contributed by atoms with Gasteiger partial charge in [-0.15, -0.1) is 5.10 Å². The van der Waals surface area contributed by atoms with Gasteiger partial charge in [-0.1, -0.05) is 62.2 Å². The first-order valence-corrected chi connectivity index (χ1v) is 10.8. The molecule has 1 aromatic heterocycles. The number of tetrazole rings is 1. The fraction of sp³-hybridized carbons (Fsp3) is 0.591. The summed E-state index contributed by atoms with van der Waals surface area (Å²) in [5, 5.41) is 12.8. The first kappa shape index (κ1) is 19.3. The molecule has 0 spiro atoms. The summed E-state index contributed by atoms with van der Waals surface area (Å²) in [4.78, 5) is 5.11. The lowest BCUT2D eigenvalue weighted by atomic mass is 10.1. The molecular weight excluding hydrogens is 348 g/mol. The van der Waals surface area contributed by atoms with Gasteiger partial charge >= 0.3 is 0 Å². The van der Waals surface area contributed by atoms with Crippen LogP contribution in [0.2, 0.25) is 0 Å². The predicted octanol–water partition coefficient (Wildman–Crippen LogP) is 3.57. The Labute approximate surface area is 168 Å². The number of benzene rings is 1. The van der Waals surface area contributed by atoms with Gasteiger partial charge in [-0.25, -0.2) is 4.68 Å². The molecule has 0 N–H and O–H groups in total. The second-order valence-corrected chi connectivity index (χ2v) is 7.99. The third kappa shape index (κ3) is 4.50. The number of piperazine rings is 1. The van der Waals surface area contributed by atoms with E-state index < -0.39 is 0 Å². The van der Waals surface area contributed by atoms with Crippen molar-refractivity contribution in [2.75, 3.05) is 32.7 Å². The average molecular weight is 381 g/mol. The van der Waals surface area contributed by atoms with Crippen LogP contribution < -0.4 is 0 Å². The van der Waals surface area contributed by atoms with Crippen molar-refractivity contribution in [1.82, 2.24) is 30.0 Å². The Morgan fingerprint density at radius 1 is 1.07 bits per heavy atom. The van der Waals surface area contributed by atoms with Crippen LogP contribution >= 0.6 is 0 Å². The third-order valence-electron chi connectivity index (χ3n) is 6.19. The van der Waals surface area contributed by atoms with E-state index in [2.05, 4.69) is 79.4 Å². The summed E-state index contributed by atoms with van der Waals surface area (Å²) >= 11 is 0. The normalized spacial score (nSPS) is 20.9. The molecule has 0 amide bonds. The summed E-state index contributed by atoms with van der Waals surface area (Å²) in [5.41, 5.74) is 1.27. The summed E-state index contributed by atoms with van der Waals surface area (Å²) in [7, 11) is 0. The van der Waals surface area contributed by atoms with E-state index in [0.717, 1.165) is 45.0 Å². The third-order valence-corrected chi connectivity index (χ3v) is 6.19. The van der Waals surface area contributed by atoms with Crippen LogP contribution in [0.5, 0.6) is 0 Å². The number of rotatable bonds is 7. The van der Waals surface area contributed by atoms with Gasteiger partial charge in [-0.2, -0.15) is 0 Å². The Kier molecular flexibility index (Phi) is 6.49. The minimum Gasteiger partial charge on any atom is -0.297 e. The molecule has 150 valence electrons. The van der Waals surface area contributed by atoms with Crippen LogP contribution in [0, 0.1) is 0 Å². The van der Waals surface area contributed by atoms with Gasteiger partial charge in [-0.3, -0.25) is 9.80 Å². The quantitative estimate of drug-likeness (QED) is 0.735. The minimum atomic E-state index is 0.331. The van der Waals surface area contributed by atoms with Gasteiger partial charge in [0.2, 0.25) is 0 Å². The Morgan fingerprint density at radius 3 is 2.54 bits per heavy atom. The Bertz CT molecular complexity index is 741. The standard InChI is InChI=1S/C22H32N6/c1-2-21(22-23-24-25-28(22)20-12-6-7-13-20)27-17-15-26(16-18-27)14-8-11-19-9-4-3-5-10-19/h3-5,8-11,20-21H,2,6-7,12-18H2,1H3/b11-8+. The van der Waals surface area contributed by atoms with E-state index in [9.17, 15) is 0 Å². The summed E-state index contributed by atoms with van der Waals surface area (Å²) in [5.74, 6) is 1.08.